The first-order chi connectivity index (χ1) is 11.1. The number of ether oxygens (including phenoxy) is 1. The third-order valence-corrected chi connectivity index (χ3v) is 3.82. The van der Waals surface area contributed by atoms with Gasteiger partial charge in [-0.2, -0.15) is 0 Å². The predicted octanol–water partition coefficient (Wildman–Crippen LogP) is 2.89. The van der Waals surface area contributed by atoms with Gasteiger partial charge >= 0.3 is 0 Å². The number of imidazole rings is 1. The second-order valence-corrected chi connectivity index (χ2v) is 5.46. The van der Waals surface area contributed by atoms with E-state index < -0.39 is 0 Å². The molecule has 2 heterocycles. The van der Waals surface area contributed by atoms with Crippen molar-refractivity contribution in [1.29, 1.82) is 0 Å². The SMILES string of the molecule is COc1cccc(CNC(=O)c2c(C)nc3c(C)cccn23)c1. The third kappa shape index (κ3) is 2.90. The number of pyridine rings is 1. The van der Waals surface area contributed by atoms with Gasteiger partial charge in [0, 0.05) is 12.7 Å². The van der Waals surface area contributed by atoms with Crippen molar-refractivity contribution >= 4 is 11.6 Å². The number of nitrogens with zero attached hydrogens (tertiary/aromatic N) is 2. The Balaban J connectivity index is 1.83. The highest BCUT2D eigenvalue weighted by Crippen LogP contribution is 2.16. The summed E-state index contributed by atoms with van der Waals surface area (Å²) in [6.07, 6.45) is 1.86. The lowest BCUT2D eigenvalue weighted by Gasteiger charge is -2.08. The van der Waals surface area contributed by atoms with Crippen LogP contribution in [0.2, 0.25) is 0 Å². The first kappa shape index (κ1) is 15.1. The van der Waals surface area contributed by atoms with Gasteiger partial charge in [-0.05, 0) is 43.2 Å². The van der Waals surface area contributed by atoms with Gasteiger partial charge in [-0.15, -0.1) is 0 Å². The second kappa shape index (κ2) is 6.12. The summed E-state index contributed by atoms with van der Waals surface area (Å²) in [5.74, 6) is 0.641. The molecule has 0 fully saturated rings. The molecule has 0 aliphatic carbocycles. The Kier molecular flexibility index (Phi) is 4.02. The number of benzene rings is 1. The maximum Gasteiger partial charge on any atom is 0.270 e. The Morgan fingerprint density at radius 1 is 1.26 bits per heavy atom. The summed E-state index contributed by atoms with van der Waals surface area (Å²) >= 11 is 0. The lowest BCUT2D eigenvalue weighted by Crippen LogP contribution is -2.25. The molecule has 0 bridgehead atoms. The van der Waals surface area contributed by atoms with Gasteiger partial charge < -0.3 is 10.1 Å². The van der Waals surface area contributed by atoms with Crippen LogP contribution >= 0.6 is 0 Å². The fraction of sp³-hybridized carbons (Fsp3) is 0.222. The maximum atomic E-state index is 12.6. The molecular weight excluding hydrogens is 290 g/mol. The van der Waals surface area contributed by atoms with Crippen molar-refractivity contribution in [3.8, 4) is 5.75 Å². The molecule has 1 aromatic carbocycles. The first-order valence-corrected chi connectivity index (χ1v) is 7.45. The number of hydrogen-bond donors (Lipinski definition) is 1. The summed E-state index contributed by atoms with van der Waals surface area (Å²) in [7, 11) is 1.63. The maximum absolute atomic E-state index is 12.6. The number of nitrogens with one attached hydrogen (secondary N) is 1. The fourth-order valence-electron chi connectivity index (χ4n) is 2.64. The topological polar surface area (TPSA) is 55.6 Å². The Labute approximate surface area is 134 Å². The van der Waals surface area contributed by atoms with E-state index in [0.717, 1.165) is 28.2 Å². The largest absolute Gasteiger partial charge is 0.497 e. The van der Waals surface area contributed by atoms with Crippen molar-refractivity contribution in [2.24, 2.45) is 0 Å². The quantitative estimate of drug-likeness (QED) is 0.806. The molecule has 0 spiro atoms. The molecule has 5 nitrogen and oxygen atoms in total. The average Bonchev–Trinajstić information content (AvgIpc) is 2.90. The third-order valence-electron chi connectivity index (χ3n) is 3.82. The minimum absolute atomic E-state index is 0.136. The fourth-order valence-corrected chi connectivity index (χ4v) is 2.64. The van der Waals surface area contributed by atoms with Crippen LogP contribution in [-0.4, -0.2) is 22.4 Å². The molecule has 2 aromatic heterocycles. The molecule has 1 amide bonds. The smallest absolute Gasteiger partial charge is 0.270 e. The van der Waals surface area contributed by atoms with Crippen molar-refractivity contribution < 1.29 is 9.53 Å². The van der Waals surface area contributed by atoms with Crippen molar-refractivity contribution in [3.63, 3.8) is 0 Å². The van der Waals surface area contributed by atoms with Crippen molar-refractivity contribution in [3.05, 3.63) is 65.1 Å². The number of amides is 1. The number of hydrogen-bond acceptors (Lipinski definition) is 3. The zero-order valence-electron chi connectivity index (χ0n) is 13.5. The highest BCUT2D eigenvalue weighted by atomic mass is 16.5. The second-order valence-electron chi connectivity index (χ2n) is 5.46. The lowest BCUT2D eigenvalue weighted by molar-refractivity contribution is 0.0944. The van der Waals surface area contributed by atoms with E-state index in [9.17, 15) is 4.79 Å². The molecule has 3 rings (SSSR count). The minimum Gasteiger partial charge on any atom is -0.497 e. The molecule has 23 heavy (non-hydrogen) atoms. The number of fused-ring (bicyclic) bond motifs is 1. The predicted molar refractivity (Wildman–Crippen MR) is 88.8 cm³/mol. The Bertz CT molecular complexity index is 868. The average molecular weight is 309 g/mol. The first-order valence-electron chi connectivity index (χ1n) is 7.45. The van der Waals surface area contributed by atoms with Crippen molar-refractivity contribution in [2.45, 2.75) is 20.4 Å². The van der Waals surface area contributed by atoms with Crippen LogP contribution in [0.5, 0.6) is 5.75 Å². The van der Waals surface area contributed by atoms with E-state index in [1.54, 1.807) is 7.11 Å². The van der Waals surface area contributed by atoms with Gasteiger partial charge in [-0.3, -0.25) is 9.20 Å². The standard InChI is InChI=1S/C18H19N3O2/c1-12-6-5-9-21-16(13(2)20-17(12)21)18(22)19-11-14-7-4-8-15(10-14)23-3/h4-10H,11H2,1-3H3,(H,19,22). The summed E-state index contributed by atoms with van der Waals surface area (Å²) in [6.45, 7) is 4.28. The molecule has 3 aromatic rings. The zero-order valence-corrected chi connectivity index (χ0v) is 13.5. The molecule has 0 radical (unpaired) electrons. The van der Waals surface area contributed by atoms with Crippen LogP contribution in [0.3, 0.4) is 0 Å². The number of aromatic nitrogens is 2. The molecule has 1 N–H and O–H groups in total. The summed E-state index contributed by atoms with van der Waals surface area (Å²) in [5, 5.41) is 2.95. The van der Waals surface area contributed by atoms with E-state index in [1.807, 2.05) is 60.8 Å². The van der Waals surface area contributed by atoms with Crippen LogP contribution in [0.1, 0.15) is 27.3 Å². The van der Waals surface area contributed by atoms with E-state index in [4.69, 9.17) is 4.74 Å². The molecule has 0 saturated heterocycles. The van der Waals surface area contributed by atoms with Gasteiger partial charge in [0.1, 0.15) is 17.1 Å². The van der Waals surface area contributed by atoms with Crippen LogP contribution in [0.25, 0.3) is 5.65 Å². The molecular formula is C18H19N3O2. The van der Waals surface area contributed by atoms with Crippen LogP contribution < -0.4 is 10.1 Å². The van der Waals surface area contributed by atoms with Gasteiger partial charge in [0.25, 0.3) is 5.91 Å². The van der Waals surface area contributed by atoms with E-state index in [2.05, 4.69) is 10.3 Å². The summed E-state index contributed by atoms with van der Waals surface area (Å²) in [4.78, 5) is 17.1. The number of aryl methyl sites for hydroxylation is 2. The number of methoxy groups -OCH3 is 1. The van der Waals surface area contributed by atoms with Gasteiger partial charge in [0.15, 0.2) is 0 Å². The van der Waals surface area contributed by atoms with E-state index in [0.29, 0.717) is 12.2 Å². The van der Waals surface area contributed by atoms with E-state index in [-0.39, 0.29) is 5.91 Å². The van der Waals surface area contributed by atoms with E-state index in [1.165, 1.54) is 0 Å². The van der Waals surface area contributed by atoms with Crippen LogP contribution in [-0.2, 0) is 6.54 Å². The molecule has 0 saturated carbocycles. The number of carbonyl (C=O) groups excluding carboxylic acids is 1. The summed E-state index contributed by atoms with van der Waals surface area (Å²) < 4.78 is 7.04. The Hall–Kier alpha value is -2.82. The molecule has 118 valence electrons. The van der Waals surface area contributed by atoms with Crippen molar-refractivity contribution in [2.75, 3.05) is 7.11 Å². The van der Waals surface area contributed by atoms with Crippen molar-refractivity contribution in [1.82, 2.24) is 14.7 Å². The zero-order chi connectivity index (χ0) is 16.4. The minimum atomic E-state index is -0.136. The Morgan fingerprint density at radius 3 is 2.87 bits per heavy atom. The molecule has 0 aliphatic rings. The summed E-state index contributed by atoms with van der Waals surface area (Å²) in [6, 6.07) is 11.5. The highest BCUT2D eigenvalue weighted by molar-refractivity contribution is 5.94. The van der Waals surface area contributed by atoms with E-state index >= 15 is 0 Å². The monoisotopic (exact) mass is 309 g/mol. The number of rotatable bonds is 4. The van der Waals surface area contributed by atoms with Gasteiger partial charge in [-0.1, -0.05) is 18.2 Å². The normalized spacial score (nSPS) is 10.7. The molecule has 0 unspecified atom stereocenters. The molecule has 0 aliphatic heterocycles. The summed E-state index contributed by atoms with van der Waals surface area (Å²) in [5.41, 5.74) is 4.15. The van der Waals surface area contributed by atoms with Gasteiger partial charge in [-0.25, -0.2) is 4.98 Å². The lowest BCUT2D eigenvalue weighted by atomic mass is 10.2. The van der Waals surface area contributed by atoms with Gasteiger partial charge in [0.2, 0.25) is 0 Å². The molecule has 5 heteroatoms. The van der Waals surface area contributed by atoms with Crippen LogP contribution in [0.15, 0.2) is 42.6 Å². The van der Waals surface area contributed by atoms with Crippen LogP contribution in [0.4, 0.5) is 0 Å². The Morgan fingerprint density at radius 2 is 2.09 bits per heavy atom. The van der Waals surface area contributed by atoms with Gasteiger partial charge in [0.05, 0.1) is 12.8 Å². The van der Waals surface area contributed by atoms with Crippen LogP contribution in [0, 0.1) is 13.8 Å². The highest BCUT2D eigenvalue weighted by Gasteiger charge is 2.17. The number of carbonyl (C=O) groups is 1. The molecule has 0 atom stereocenters.